The van der Waals surface area contributed by atoms with Gasteiger partial charge in [0, 0.05) is 65.4 Å². The summed E-state index contributed by atoms with van der Waals surface area (Å²) < 4.78 is 90.6. The first kappa shape index (κ1) is 60.9. The second-order valence-corrected chi connectivity index (χ2v) is 23.5. The van der Waals surface area contributed by atoms with E-state index >= 15 is 0 Å². The molecule has 29 heteroatoms. The second-order valence-electron chi connectivity index (χ2n) is 21.5. The van der Waals surface area contributed by atoms with Crippen molar-refractivity contribution in [2.45, 2.75) is 168 Å². The standard InChI is InChI=1S/C18H28N6O8S.C16H36N.C13H20N6O6S/c1-18(2,3)31-17(26)22-8-6-21(7-9-22)11-14-19-20-15(30-14)13-5-4-12-10-23(13)16(25)24(12)32-33(27,28)29;1-5-9-13-17(14-10-6-2,15-11-7-3)16-12-8-4;20-13-18-7-9(19(13)25-26(21,22)23)1-2-10(18)12-16-15-11(24-12)8-17-5-3-14-4-6-17/h12-13H,4-11H2,1-3H3,(H,27,28,29);5-16H2,1-4H3;9-10,14H,1-8H2,(H,21,22,23)/q;+1;/p-1/t12-,13+;;9-,10+/m1.1/s1. The zero-order valence-electron chi connectivity index (χ0n) is 45.5. The lowest BCUT2D eigenvalue weighted by molar-refractivity contribution is -0.929. The van der Waals surface area contributed by atoms with E-state index in [4.69, 9.17) is 18.1 Å². The first-order chi connectivity index (χ1) is 36.0. The molecule has 4 atom stereocenters. The first-order valence-corrected chi connectivity index (χ1v) is 29.9. The van der Waals surface area contributed by atoms with Gasteiger partial charge >= 0.3 is 28.6 Å². The van der Waals surface area contributed by atoms with Crippen molar-refractivity contribution in [1.82, 2.24) is 60.3 Å². The SMILES string of the molecule is CC(C)(C)OC(=O)N1CCN(Cc2nnc([C@@H]3CC[C@@H]4CN3C(=O)N4OS(=O)(=O)[O-])o2)CC1.CCCC[N+](CCCC)(CCCC)CCCC.O=C1N2C[C@@H](CC[C@H]2c2nnc(CN3CCNCC3)o2)N1OS(=O)(=O)O. The number of hydrogen-bond donors (Lipinski definition) is 2. The van der Waals surface area contributed by atoms with Gasteiger partial charge in [-0.05, 0) is 72.1 Å². The summed E-state index contributed by atoms with van der Waals surface area (Å²) in [6, 6.07) is -3.29. The highest BCUT2D eigenvalue weighted by Crippen LogP contribution is 2.40. The molecule has 0 aromatic carbocycles. The van der Waals surface area contributed by atoms with Gasteiger partial charge in [0.05, 0.1) is 51.4 Å². The molecular formula is C47H83N13O14S2. The van der Waals surface area contributed by atoms with Crippen LogP contribution < -0.4 is 5.32 Å². The van der Waals surface area contributed by atoms with E-state index in [1.807, 2.05) is 20.8 Å². The molecule has 2 aromatic rings. The first-order valence-electron chi connectivity index (χ1n) is 27.2. The third-order valence-electron chi connectivity index (χ3n) is 14.4. The predicted octanol–water partition coefficient (Wildman–Crippen LogP) is 4.61. The van der Waals surface area contributed by atoms with Crippen LogP contribution in [-0.2, 0) is 47.2 Å². The van der Waals surface area contributed by atoms with Crippen LogP contribution in [0.2, 0.25) is 0 Å². The van der Waals surface area contributed by atoms with Gasteiger partial charge in [-0.2, -0.15) is 22.8 Å². The molecule has 5 amide bonds. The fourth-order valence-corrected chi connectivity index (χ4v) is 11.2. The second kappa shape index (κ2) is 27.5. The van der Waals surface area contributed by atoms with Crippen LogP contribution in [0.3, 0.4) is 0 Å². The fourth-order valence-electron chi connectivity index (χ4n) is 10.4. The molecular weight excluding hydrogens is 1030 g/mol. The van der Waals surface area contributed by atoms with Crippen molar-refractivity contribution in [3.05, 3.63) is 23.6 Å². The minimum absolute atomic E-state index is 0.198. The maximum absolute atomic E-state index is 12.5. The van der Waals surface area contributed by atoms with Gasteiger partial charge in [0.15, 0.2) is 0 Å². The lowest BCUT2D eigenvalue weighted by atomic mass is 10.0. The molecule has 76 heavy (non-hydrogen) atoms. The minimum atomic E-state index is -5.05. The number of piperidine rings is 2. The van der Waals surface area contributed by atoms with Crippen LogP contribution in [0.4, 0.5) is 14.4 Å². The Balaban J connectivity index is 0.000000195. The molecule has 27 nitrogen and oxygen atoms in total. The van der Waals surface area contributed by atoms with Crippen molar-refractivity contribution in [3.8, 4) is 0 Å². The van der Waals surface area contributed by atoms with E-state index in [0.717, 1.165) is 26.2 Å². The average Bonchev–Trinajstić information content (AvgIpc) is 4.15. The summed E-state index contributed by atoms with van der Waals surface area (Å²) in [6.45, 7) is 27.8. The monoisotopic (exact) mass is 1120 g/mol. The van der Waals surface area contributed by atoms with Crippen LogP contribution in [0.5, 0.6) is 0 Å². The van der Waals surface area contributed by atoms with Crippen LogP contribution in [0, 0.1) is 0 Å². The van der Waals surface area contributed by atoms with Gasteiger partial charge in [-0.15, -0.1) is 24.7 Å². The van der Waals surface area contributed by atoms with Crippen LogP contribution >= 0.6 is 0 Å². The molecule has 6 saturated heterocycles. The summed E-state index contributed by atoms with van der Waals surface area (Å²) >= 11 is 0. The molecule has 6 aliphatic rings. The number of fused-ring (bicyclic) bond motifs is 4. The Labute approximate surface area is 448 Å². The molecule has 0 radical (unpaired) electrons. The van der Waals surface area contributed by atoms with Gasteiger partial charge in [0.2, 0.25) is 34.0 Å². The number of carbonyl (C=O) groups excluding carboxylic acids is 3. The molecule has 0 saturated carbocycles. The van der Waals surface area contributed by atoms with E-state index in [2.05, 4.69) is 71.8 Å². The summed E-state index contributed by atoms with van der Waals surface area (Å²) in [5.74, 6) is 1.44. The Morgan fingerprint density at radius 2 is 1.09 bits per heavy atom. The molecule has 6 aliphatic heterocycles. The van der Waals surface area contributed by atoms with E-state index in [1.165, 1.54) is 91.8 Å². The number of nitrogens with one attached hydrogen (secondary N) is 1. The molecule has 6 fully saturated rings. The number of nitrogens with zero attached hydrogens (tertiary/aromatic N) is 12. The van der Waals surface area contributed by atoms with Crippen molar-refractivity contribution in [3.63, 3.8) is 0 Å². The van der Waals surface area contributed by atoms with Gasteiger partial charge in [-0.25, -0.2) is 22.8 Å². The zero-order valence-corrected chi connectivity index (χ0v) is 47.2. The predicted molar refractivity (Wildman–Crippen MR) is 272 cm³/mol. The lowest BCUT2D eigenvalue weighted by Gasteiger charge is -2.39. The van der Waals surface area contributed by atoms with Crippen LogP contribution in [-0.4, -0.2) is 213 Å². The van der Waals surface area contributed by atoms with Crippen molar-refractivity contribution >= 4 is 39.0 Å². The lowest BCUT2D eigenvalue weighted by Crippen LogP contribution is -2.50. The highest BCUT2D eigenvalue weighted by molar-refractivity contribution is 7.81. The van der Waals surface area contributed by atoms with E-state index in [-0.39, 0.29) is 25.1 Å². The summed E-state index contributed by atoms with van der Waals surface area (Å²) in [5, 5.41) is 20.9. The maximum Gasteiger partial charge on any atom is 0.418 e. The number of quaternary nitrogens is 1. The number of hydrogen-bond acceptors (Lipinski definition) is 20. The molecule has 432 valence electrons. The molecule has 0 unspecified atom stereocenters. The number of rotatable bonds is 22. The van der Waals surface area contributed by atoms with Gasteiger partial charge < -0.3 is 42.6 Å². The van der Waals surface area contributed by atoms with Crippen LogP contribution in [0.25, 0.3) is 0 Å². The number of carbonyl (C=O) groups is 3. The zero-order chi connectivity index (χ0) is 55.3. The molecule has 0 aliphatic carbocycles. The average molecular weight is 1120 g/mol. The Hall–Kier alpha value is -4.33. The number of piperazine rings is 2. The van der Waals surface area contributed by atoms with E-state index in [9.17, 15) is 35.8 Å². The summed E-state index contributed by atoms with van der Waals surface area (Å²) in [5.41, 5.74) is -0.545. The van der Waals surface area contributed by atoms with E-state index < -0.39 is 62.6 Å². The number of ether oxygens (including phenoxy) is 1. The molecule has 2 aromatic heterocycles. The van der Waals surface area contributed by atoms with Gasteiger partial charge in [-0.3, -0.25) is 14.4 Å². The maximum atomic E-state index is 12.5. The topological polar surface area (TPSA) is 303 Å². The van der Waals surface area contributed by atoms with Gasteiger partial charge in [0.1, 0.15) is 17.7 Å². The largest absolute Gasteiger partial charge is 0.724 e. The van der Waals surface area contributed by atoms with E-state index in [1.54, 1.807) is 4.90 Å². The molecule has 4 bridgehead atoms. The molecule has 2 N–H and O–H groups in total. The quantitative estimate of drug-likeness (QED) is 0.0924. The Bertz CT molecular complexity index is 2360. The Morgan fingerprint density at radius 3 is 1.49 bits per heavy atom. The number of unbranched alkanes of at least 4 members (excludes halogenated alkanes) is 4. The highest BCUT2D eigenvalue weighted by atomic mass is 32.3. The Kier molecular flexibility index (Phi) is 22.0. The molecule has 8 heterocycles. The fraction of sp³-hybridized carbons (Fsp3) is 0.851. The van der Waals surface area contributed by atoms with Crippen molar-refractivity contribution in [2.75, 3.05) is 91.6 Å². The highest BCUT2D eigenvalue weighted by Gasteiger charge is 2.50. The number of urea groups is 2. The van der Waals surface area contributed by atoms with Gasteiger partial charge in [0.25, 0.3) is 0 Å². The van der Waals surface area contributed by atoms with Crippen molar-refractivity contribution in [2.24, 2.45) is 0 Å². The molecule has 8 rings (SSSR count). The third-order valence-corrected chi connectivity index (χ3v) is 15.1. The van der Waals surface area contributed by atoms with Crippen LogP contribution in [0.1, 0.15) is 161 Å². The normalized spacial score (nSPS) is 22.7. The summed E-state index contributed by atoms with van der Waals surface area (Å²) in [7, 11) is -9.81. The van der Waals surface area contributed by atoms with E-state index in [0.29, 0.717) is 92.8 Å². The number of amides is 5. The van der Waals surface area contributed by atoms with Gasteiger partial charge in [-0.1, -0.05) is 53.4 Å². The number of aromatic nitrogens is 4. The summed E-state index contributed by atoms with van der Waals surface area (Å²) in [4.78, 5) is 45.9. The Morgan fingerprint density at radius 1 is 0.671 bits per heavy atom. The third kappa shape index (κ3) is 17.6. The summed E-state index contributed by atoms with van der Waals surface area (Å²) in [6.07, 6.45) is 12.6. The van der Waals surface area contributed by atoms with Crippen molar-refractivity contribution in [1.29, 1.82) is 0 Å². The smallest absolute Gasteiger partial charge is 0.418 e. The number of hydroxylamine groups is 4. The van der Waals surface area contributed by atoms with Crippen LogP contribution in [0.15, 0.2) is 8.83 Å². The molecule has 0 spiro atoms. The minimum Gasteiger partial charge on any atom is -0.724 e. The van der Waals surface area contributed by atoms with Crippen molar-refractivity contribution < 1.29 is 66.9 Å².